The second-order valence-electron chi connectivity index (χ2n) is 7.23. The zero-order valence-electron chi connectivity index (χ0n) is 17.5. The molecule has 1 aliphatic heterocycles. The van der Waals surface area contributed by atoms with Crippen LogP contribution in [0.1, 0.15) is 39.1 Å². The van der Waals surface area contributed by atoms with Crippen molar-refractivity contribution < 1.29 is 23.9 Å². The van der Waals surface area contributed by atoms with Crippen LogP contribution in [0.15, 0.2) is 42.5 Å². The lowest BCUT2D eigenvalue weighted by molar-refractivity contribution is -0.130. The first-order chi connectivity index (χ1) is 14.4. The molecule has 0 aromatic heterocycles. The average Bonchev–Trinajstić information content (AvgIpc) is 2.98. The molecule has 0 saturated carbocycles. The Hall–Kier alpha value is -3.35. The molecule has 1 aliphatic rings. The average molecular weight is 410 g/mol. The Morgan fingerprint density at radius 3 is 2.47 bits per heavy atom. The SMILES string of the molecule is COc1ccccc1OCCN(C)C(=O)CCCN1C(=O)c2ccc(C)cc2C1=O. The van der Waals surface area contributed by atoms with Crippen LogP contribution in [0.25, 0.3) is 0 Å². The molecule has 0 bridgehead atoms. The van der Waals surface area contributed by atoms with Crippen molar-refractivity contribution in [3.63, 3.8) is 0 Å². The standard InChI is InChI=1S/C23H26N2O5/c1-16-10-11-17-18(15-16)23(28)25(22(17)27)12-6-9-21(26)24(2)13-14-30-20-8-5-4-7-19(20)29-3/h4-5,7-8,10-11,15H,6,9,12-14H2,1-3H3. The molecule has 2 aromatic carbocycles. The number of nitrogens with zero attached hydrogens (tertiary/aromatic N) is 2. The van der Waals surface area contributed by atoms with Crippen LogP contribution < -0.4 is 9.47 Å². The van der Waals surface area contributed by atoms with Crippen LogP contribution in [0, 0.1) is 6.92 Å². The summed E-state index contributed by atoms with van der Waals surface area (Å²) in [5, 5.41) is 0. The lowest BCUT2D eigenvalue weighted by atomic mass is 10.1. The van der Waals surface area contributed by atoms with Crippen LogP contribution in [0.3, 0.4) is 0 Å². The fourth-order valence-electron chi connectivity index (χ4n) is 3.34. The number of carbonyl (C=O) groups is 3. The number of hydrogen-bond acceptors (Lipinski definition) is 5. The first-order valence-electron chi connectivity index (χ1n) is 9.89. The molecule has 7 nitrogen and oxygen atoms in total. The molecule has 0 N–H and O–H groups in total. The smallest absolute Gasteiger partial charge is 0.261 e. The van der Waals surface area contributed by atoms with Gasteiger partial charge < -0.3 is 14.4 Å². The maximum Gasteiger partial charge on any atom is 0.261 e. The van der Waals surface area contributed by atoms with E-state index in [4.69, 9.17) is 9.47 Å². The second-order valence-corrected chi connectivity index (χ2v) is 7.23. The van der Waals surface area contributed by atoms with E-state index in [-0.39, 0.29) is 30.7 Å². The molecule has 2 aromatic rings. The highest BCUT2D eigenvalue weighted by atomic mass is 16.5. The number of imide groups is 1. The minimum absolute atomic E-state index is 0.0638. The van der Waals surface area contributed by atoms with Gasteiger partial charge >= 0.3 is 0 Å². The topological polar surface area (TPSA) is 76.2 Å². The number of hydrogen-bond donors (Lipinski definition) is 0. The van der Waals surface area contributed by atoms with E-state index in [1.807, 2.05) is 37.3 Å². The first kappa shape index (κ1) is 21.4. The molecule has 0 unspecified atom stereocenters. The molecule has 0 spiro atoms. The van der Waals surface area contributed by atoms with Crippen molar-refractivity contribution >= 4 is 17.7 Å². The summed E-state index contributed by atoms with van der Waals surface area (Å²) in [6.07, 6.45) is 0.665. The maximum atomic E-state index is 12.5. The largest absolute Gasteiger partial charge is 0.493 e. The van der Waals surface area contributed by atoms with Gasteiger partial charge in [0.2, 0.25) is 5.91 Å². The Morgan fingerprint density at radius 1 is 1.03 bits per heavy atom. The fraction of sp³-hybridized carbons (Fsp3) is 0.348. The molecule has 1 heterocycles. The minimum atomic E-state index is -0.291. The normalized spacial score (nSPS) is 12.7. The summed E-state index contributed by atoms with van der Waals surface area (Å²) in [5.41, 5.74) is 1.81. The molecule has 30 heavy (non-hydrogen) atoms. The minimum Gasteiger partial charge on any atom is -0.493 e. The first-order valence-corrected chi connectivity index (χ1v) is 9.89. The number of ether oxygens (including phenoxy) is 2. The van der Waals surface area contributed by atoms with E-state index >= 15 is 0 Å². The van der Waals surface area contributed by atoms with Gasteiger partial charge in [-0.2, -0.15) is 0 Å². The van der Waals surface area contributed by atoms with Crippen molar-refractivity contribution in [2.75, 3.05) is 33.9 Å². The quantitative estimate of drug-likeness (QED) is 0.594. The Bertz CT molecular complexity index is 956. The van der Waals surface area contributed by atoms with Crippen molar-refractivity contribution in [2.24, 2.45) is 0 Å². The molecule has 0 fully saturated rings. The number of likely N-dealkylation sites (N-methyl/N-ethyl adjacent to an activating group) is 1. The third-order valence-corrected chi connectivity index (χ3v) is 5.08. The van der Waals surface area contributed by atoms with Gasteiger partial charge in [0, 0.05) is 20.0 Å². The molecule has 3 amide bonds. The summed E-state index contributed by atoms with van der Waals surface area (Å²) in [6.45, 7) is 2.86. The Morgan fingerprint density at radius 2 is 1.73 bits per heavy atom. The molecule has 0 atom stereocenters. The number of rotatable bonds is 9. The van der Waals surface area contributed by atoms with E-state index in [1.165, 1.54) is 4.90 Å². The monoisotopic (exact) mass is 410 g/mol. The van der Waals surface area contributed by atoms with Gasteiger partial charge in [-0.05, 0) is 37.6 Å². The number of aryl methyl sites for hydroxylation is 1. The summed E-state index contributed by atoms with van der Waals surface area (Å²) >= 11 is 0. The number of benzene rings is 2. The van der Waals surface area contributed by atoms with E-state index in [0.717, 1.165) is 5.56 Å². The van der Waals surface area contributed by atoms with Crippen LogP contribution in [0.5, 0.6) is 11.5 Å². The molecular formula is C23H26N2O5. The Balaban J connectivity index is 1.43. The molecular weight excluding hydrogens is 384 g/mol. The lowest BCUT2D eigenvalue weighted by Gasteiger charge is -2.19. The highest BCUT2D eigenvalue weighted by Gasteiger charge is 2.35. The van der Waals surface area contributed by atoms with Crippen LogP contribution >= 0.6 is 0 Å². The molecule has 0 radical (unpaired) electrons. The highest BCUT2D eigenvalue weighted by molar-refractivity contribution is 6.21. The van der Waals surface area contributed by atoms with Crippen LogP contribution in [0.2, 0.25) is 0 Å². The summed E-state index contributed by atoms with van der Waals surface area (Å²) < 4.78 is 10.9. The fourth-order valence-corrected chi connectivity index (χ4v) is 3.34. The zero-order valence-corrected chi connectivity index (χ0v) is 17.5. The van der Waals surface area contributed by atoms with Gasteiger partial charge in [-0.1, -0.05) is 23.8 Å². The zero-order chi connectivity index (χ0) is 21.7. The van der Waals surface area contributed by atoms with Gasteiger partial charge in [-0.15, -0.1) is 0 Å². The number of carbonyl (C=O) groups excluding carboxylic acids is 3. The van der Waals surface area contributed by atoms with E-state index in [0.29, 0.717) is 42.2 Å². The van der Waals surface area contributed by atoms with Crippen molar-refractivity contribution in [2.45, 2.75) is 19.8 Å². The molecule has 0 saturated heterocycles. The highest BCUT2D eigenvalue weighted by Crippen LogP contribution is 2.26. The van der Waals surface area contributed by atoms with Crippen LogP contribution in [0.4, 0.5) is 0 Å². The second kappa shape index (κ2) is 9.43. The predicted octanol–water partition coefficient (Wildman–Crippen LogP) is 2.92. The Kier molecular flexibility index (Phi) is 6.72. The van der Waals surface area contributed by atoms with Crippen molar-refractivity contribution in [3.8, 4) is 11.5 Å². The third kappa shape index (κ3) is 4.62. The van der Waals surface area contributed by atoms with E-state index in [9.17, 15) is 14.4 Å². The number of para-hydroxylation sites is 2. The maximum absolute atomic E-state index is 12.5. The summed E-state index contributed by atoms with van der Waals surface area (Å²) in [7, 11) is 3.28. The van der Waals surface area contributed by atoms with Crippen molar-refractivity contribution in [3.05, 3.63) is 59.2 Å². The van der Waals surface area contributed by atoms with Crippen molar-refractivity contribution in [1.29, 1.82) is 0 Å². The lowest BCUT2D eigenvalue weighted by Crippen LogP contribution is -2.33. The number of amides is 3. The molecule has 158 valence electrons. The molecule has 3 rings (SSSR count). The Labute approximate surface area is 176 Å². The van der Waals surface area contributed by atoms with Crippen LogP contribution in [-0.2, 0) is 4.79 Å². The van der Waals surface area contributed by atoms with Gasteiger partial charge in [0.25, 0.3) is 11.8 Å². The number of methoxy groups -OCH3 is 1. The van der Waals surface area contributed by atoms with E-state index in [2.05, 4.69) is 0 Å². The predicted molar refractivity (Wildman–Crippen MR) is 112 cm³/mol. The van der Waals surface area contributed by atoms with Gasteiger partial charge in [-0.3, -0.25) is 19.3 Å². The van der Waals surface area contributed by atoms with Gasteiger partial charge in [-0.25, -0.2) is 0 Å². The summed E-state index contributed by atoms with van der Waals surface area (Å²) in [5.74, 6) is 0.626. The summed E-state index contributed by atoms with van der Waals surface area (Å²) in [6, 6.07) is 12.6. The van der Waals surface area contributed by atoms with E-state index < -0.39 is 0 Å². The molecule has 7 heteroatoms. The molecule has 0 aliphatic carbocycles. The van der Waals surface area contributed by atoms with E-state index in [1.54, 1.807) is 31.2 Å². The number of fused-ring (bicyclic) bond motifs is 1. The summed E-state index contributed by atoms with van der Waals surface area (Å²) in [4.78, 5) is 40.1. The van der Waals surface area contributed by atoms with Crippen molar-refractivity contribution in [1.82, 2.24) is 9.80 Å². The third-order valence-electron chi connectivity index (χ3n) is 5.08. The van der Waals surface area contributed by atoms with Gasteiger partial charge in [0.1, 0.15) is 6.61 Å². The van der Waals surface area contributed by atoms with Gasteiger partial charge in [0.05, 0.1) is 24.8 Å². The van der Waals surface area contributed by atoms with Crippen LogP contribution in [-0.4, -0.2) is 61.4 Å². The van der Waals surface area contributed by atoms with Gasteiger partial charge in [0.15, 0.2) is 11.5 Å².